The second-order valence-corrected chi connectivity index (χ2v) is 7.71. The van der Waals surface area contributed by atoms with Gasteiger partial charge in [0, 0.05) is 0 Å². The Morgan fingerprint density at radius 1 is 1.07 bits per heavy atom. The van der Waals surface area contributed by atoms with Crippen LogP contribution in [0, 0.1) is 0 Å². The highest BCUT2D eigenvalue weighted by Gasteiger charge is 2.45. The number of aliphatic hydroxyl groups excluding tert-OH is 3. The van der Waals surface area contributed by atoms with Gasteiger partial charge in [-0.1, -0.05) is 69.4 Å². The largest absolute Gasteiger partial charge is 0.445 e. The van der Waals surface area contributed by atoms with Crippen molar-refractivity contribution in [2.45, 2.75) is 82.6 Å². The Balaban J connectivity index is 1.86. The summed E-state index contributed by atoms with van der Waals surface area (Å²) in [6.45, 7) is 2.47. The standard InChI is InChI=1S/C22H36N2O6/c1-2-3-4-5-6-10-13-23-21-18(20(27)19(26)17(14-25)30-21)24-22(28)29-15-16-11-8-7-9-12-16/h7-9,11-12,17-21,23,25-27H,2-6,10,13-15H2,1H3,(H,24,28)/t17-,18-,19-,20-,21-/m1/s1. The molecule has 1 aromatic carbocycles. The van der Waals surface area contributed by atoms with Crippen LogP contribution in [0.4, 0.5) is 4.79 Å². The van der Waals surface area contributed by atoms with Crippen LogP contribution in [0.15, 0.2) is 30.3 Å². The van der Waals surface area contributed by atoms with Crippen LogP contribution in [0.2, 0.25) is 0 Å². The Bertz CT molecular complexity index is 603. The molecule has 1 heterocycles. The van der Waals surface area contributed by atoms with Gasteiger partial charge in [0.15, 0.2) is 0 Å². The molecule has 0 unspecified atom stereocenters. The van der Waals surface area contributed by atoms with Gasteiger partial charge in [-0.15, -0.1) is 0 Å². The van der Waals surface area contributed by atoms with E-state index in [2.05, 4.69) is 17.6 Å². The summed E-state index contributed by atoms with van der Waals surface area (Å²) >= 11 is 0. The third-order valence-corrected chi connectivity index (χ3v) is 5.30. The minimum Gasteiger partial charge on any atom is -0.445 e. The van der Waals surface area contributed by atoms with E-state index >= 15 is 0 Å². The average molecular weight is 425 g/mol. The molecule has 1 aliphatic heterocycles. The van der Waals surface area contributed by atoms with Crippen LogP contribution in [-0.4, -0.2) is 65.1 Å². The predicted molar refractivity (Wildman–Crippen MR) is 113 cm³/mol. The smallest absolute Gasteiger partial charge is 0.407 e. The summed E-state index contributed by atoms with van der Waals surface area (Å²) in [6.07, 6.45) is 1.80. The molecule has 170 valence electrons. The first kappa shape index (κ1) is 24.6. The molecular formula is C22H36N2O6. The number of ether oxygens (including phenoxy) is 2. The molecule has 2 rings (SSSR count). The van der Waals surface area contributed by atoms with Crippen LogP contribution >= 0.6 is 0 Å². The van der Waals surface area contributed by atoms with Crippen molar-refractivity contribution in [1.29, 1.82) is 0 Å². The molecule has 0 saturated carbocycles. The van der Waals surface area contributed by atoms with E-state index in [-0.39, 0.29) is 6.61 Å². The fraction of sp³-hybridized carbons (Fsp3) is 0.682. The Morgan fingerprint density at radius 3 is 2.47 bits per heavy atom. The van der Waals surface area contributed by atoms with Crippen molar-refractivity contribution in [3.05, 3.63) is 35.9 Å². The SMILES string of the molecule is CCCCCCCCN[C@@H]1O[C@H](CO)[C@@H](O)[C@H](O)[C@H]1NC(=O)OCc1ccccc1. The summed E-state index contributed by atoms with van der Waals surface area (Å²) in [5.74, 6) is 0. The van der Waals surface area contributed by atoms with Crippen molar-refractivity contribution in [3.8, 4) is 0 Å². The molecule has 5 N–H and O–H groups in total. The molecule has 5 atom stereocenters. The molecular weight excluding hydrogens is 388 g/mol. The predicted octanol–water partition coefficient (Wildman–Crippen LogP) is 1.67. The Labute approximate surface area is 178 Å². The topological polar surface area (TPSA) is 120 Å². The molecule has 8 nitrogen and oxygen atoms in total. The number of amides is 1. The molecule has 1 saturated heterocycles. The van der Waals surface area contributed by atoms with Gasteiger partial charge in [0.25, 0.3) is 0 Å². The molecule has 1 aromatic rings. The van der Waals surface area contributed by atoms with Crippen LogP contribution in [0.5, 0.6) is 0 Å². The van der Waals surface area contributed by atoms with Crippen molar-refractivity contribution < 1.29 is 29.6 Å². The van der Waals surface area contributed by atoms with E-state index in [4.69, 9.17) is 9.47 Å². The molecule has 30 heavy (non-hydrogen) atoms. The molecule has 0 radical (unpaired) electrons. The maximum atomic E-state index is 12.3. The highest BCUT2D eigenvalue weighted by Crippen LogP contribution is 2.20. The zero-order valence-electron chi connectivity index (χ0n) is 17.7. The van der Waals surface area contributed by atoms with E-state index in [0.29, 0.717) is 6.54 Å². The van der Waals surface area contributed by atoms with E-state index in [1.54, 1.807) is 0 Å². The highest BCUT2D eigenvalue weighted by atomic mass is 16.6. The van der Waals surface area contributed by atoms with Gasteiger partial charge in [-0.25, -0.2) is 4.79 Å². The quantitative estimate of drug-likeness (QED) is 0.324. The third-order valence-electron chi connectivity index (χ3n) is 5.30. The molecule has 1 aliphatic rings. The van der Waals surface area contributed by atoms with Gasteiger partial charge in [0.1, 0.15) is 37.2 Å². The number of nitrogens with one attached hydrogen (secondary N) is 2. The molecule has 0 aromatic heterocycles. The average Bonchev–Trinajstić information content (AvgIpc) is 2.77. The molecule has 8 heteroatoms. The minimum absolute atomic E-state index is 0.0913. The number of carbonyl (C=O) groups excluding carboxylic acids is 1. The summed E-state index contributed by atoms with van der Waals surface area (Å²) in [6, 6.07) is 8.34. The maximum Gasteiger partial charge on any atom is 0.407 e. The first-order valence-electron chi connectivity index (χ1n) is 10.9. The lowest BCUT2D eigenvalue weighted by atomic mass is 9.96. The number of carbonyl (C=O) groups is 1. The number of hydrogen-bond donors (Lipinski definition) is 5. The molecule has 0 spiro atoms. The second kappa shape index (κ2) is 13.6. The third kappa shape index (κ3) is 7.85. The van der Waals surface area contributed by atoms with Crippen LogP contribution in [0.3, 0.4) is 0 Å². The fourth-order valence-electron chi connectivity index (χ4n) is 3.50. The zero-order valence-corrected chi connectivity index (χ0v) is 17.7. The lowest BCUT2D eigenvalue weighted by Crippen LogP contribution is -2.67. The van der Waals surface area contributed by atoms with E-state index in [9.17, 15) is 20.1 Å². The van der Waals surface area contributed by atoms with Crippen molar-refractivity contribution in [1.82, 2.24) is 10.6 Å². The molecule has 0 bridgehead atoms. The van der Waals surface area contributed by atoms with Crippen LogP contribution in [-0.2, 0) is 16.1 Å². The summed E-state index contributed by atoms with van der Waals surface area (Å²) in [7, 11) is 0. The van der Waals surface area contributed by atoms with Gasteiger partial charge >= 0.3 is 6.09 Å². The van der Waals surface area contributed by atoms with Crippen molar-refractivity contribution in [2.75, 3.05) is 13.2 Å². The summed E-state index contributed by atoms with van der Waals surface area (Å²) in [5, 5.41) is 35.9. The Kier molecular flexibility index (Phi) is 11.1. The van der Waals surface area contributed by atoms with Crippen LogP contribution in [0.25, 0.3) is 0 Å². The number of aliphatic hydroxyl groups is 3. The summed E-state index contributed by atoms with van der Waals surface area (Å²) in [4.78, 5) is 12.3. The molecule has 1 amide bonds. The number of hydrogen-bond acceptors (Lipinski definition) is 7. The lowest BCUT2D eigenvalue weighted by molar-refractivity contribution is -0.200. The zero-order chi connectivity index (χ0) is 21.8. The molecule has 1 fully saturated rings. The van der Waals surface area contributed by atoms with Gasteiger partial charge in [-0.3, -0.25) is 5.32 Å². The number of unbranched alkanes of at least 4 members (excludes halogenated alkanes) is 5. The van der Waals surface area contributed by atoms with Gasteiger partial charge in [-0.2, -0.15) is 0 Å². The van der Waals surface area contributed by atoms with Gasteiger partial charge in [0.2, 0.25) is 0 Å². The van der Waals surface area contributed by atoms with Crippen molar-refractivity contribution in [3.63, 3.8) is 0 Å². The van der Waals surface area contributed by atoms with Crippen LogP contribution < -0.4 is 10.6 Å². The highest BCUT2D eigenvalue weighted by molar-refractivity contribution is 5.67. The monoisotopic (exact) mass is 424 g/mol. The summed E-state index contributed by atoms with van der Waals surface area (Å²) < 4.78 is 10.9. The van der Waals surface area contributed by atoms with Gasteiger partial charge in [-0.05, 0) is 18.5 Å². The summed E-state index contributed by atoms with van der Waals surface area (Å²) in [5.41, 5.74) is 0.839. The van der Waals surface area contributed by atoms with Gasteiger partial charge in [0.05, 0.1) is 6.61 Å². The maximum absolute atomic E-state index is 12.3. The van der Waals surface area contributed by atoms with Gasteiger partial charge < -0.3 is 30.1 Å². The minimum atomic E-state index is -1.32. The number of rotatable bonds is 12. The second-order valence-electron chi connectivity index (χ2n) is 7.71. The molecule has 0 aliphatic carbocycles. The number of alkyl carbamates (subject to hydrolysis) is 1. The first-order valence-corrected chi connectivity index (χ1v) is 10.9. The lowest BCUT2D eigenvalue weighted by Gasteiger charge is -2.42. The van der Waals surface area contributed by atoms with E-state index in [1.807, 2.05) is 30.3 Å². The Hall–Kier alpha value is -1.71. The first-order chi connectivity index (χ1) is 14.6. The van der Waals surface area contributed by atoms with E-state index in [0.717, 1.165) is 24.8 Å². The number of benzene rings is 1. The fourth-order valence-corrected chi connectivity index (χ4v) is 3.50. The normalized spacial score (nSPS) is 26.3. The van der Waals surface area contributed by atoms with E-state index in [1.165, 1.54) is 19.3 Å². The van der Waals surface area contributed by atoms with Crippen molar-refractivity contribution >= 4 is 6.09 Å². The van der Waals surface area contributed by atoms with Crippen molar-refractivity contribution in [2.24, 2.45) is 0 Å². The van der Waals surface area contributed by atoms with Crippen LogP contribution in [0.1, 0.15) is 51.0 Å². The Morgan fingerprint density at radius 2 is 1.77 bits per heavy atom. The van der Waals surface area contributed by atoms with E-state index < -0.39 is 43.3 Å².